The van der Waals surface area contributed by atoms with Crippen LogP contribution < -0.4 is 0 Å². The van der Waals surface area contributed by atoms with Crippen LogP contribution in [0.15, 0.2) is 42.2 Å². The first-order valence-electron chi connectivity index (χ1n) is 8.93. The number of fused-ring (bicyclic) bond motifs is 1. The number of hydrogen-bond acceptors (Lipinski definition) is 1. The highest BCUT2D eigenvalue weighted by Gasteiger charge is 2.66. The van der Waals surface area contributed by atoms with E-state index >= 15 is 0 Å². The van der Waals surface area contributed by atoms with Gasteiger partial charge >= 0.3 is 0 Å². The van der Waals surface area contributed by atoms with Gasteiger partial charge in [-0.3, -0.25) is 0 Å². The van der Waals surface area contributed by atoms with E-state index in [2.05, 4.69) is 56.0 Å². The zero-order valence-corrected chi connectivity index (χ0v) is 15.1. The van der Waals surface area contributed by atoms with Gasteiger partial charge in [-0.15, -0.1) is 0 Å². The molecule has 0 aliphatic heterocycles. The molecular formula is C20H28OSi. The summed E-state index contributed by atoms with van der Waals surface area (Å²) in [6.45, 7) is 6.95. The molecule has 0 N–H and O–H groups in total. The largest absolute Gasteiger partial charge is 0.547 e. The monoisotopic (exact) mass is 312 g/mol. The van der Waals surface area contributed by atoms with E-state index in [0.717, 1.165) is 17.8 Å². The van der Waals surface area contributed by atoms with E-state index in [4.69, 9.17) is 4.43 Å². The molecule has 0 radical (unpaired) electrons. The molecule has 4 aliphatic rings. The van der Waals surface area contributed by atoms with Crippen molar-refractivity contribution >= 4 is 8.32 Å². The molecule has 2 heteroatoms. The maximum Gasteiger partial charge on any atom is 0.241 e. The molecule has 1 nitrogen and oxygen atoms in total. The molecule has 2 saturated carbocycles. The Labute approximate surface area is 135 Å². The van der Waals surface area contributed by atoms with Gasteiger partial charge in [-0.25, -0.2) is 0 Å². The molecule has 2 bridgehead atoms. The van der Waals surface area contributed by atoms with E-state index in [1.165, 1.54) is 43.4 Å². The zero-order valence-electron chi connectivity index (χ0n) is 14.1. The van der Waals surface area contributed by atoms with Crippen molar-refractivity contribution < 1.29 is 4.43 Å². The molecule has 0 spiro atoms. The Morgan fingerprint density at radius 1 is 1.14 bits per heavy atom. The summed E-state index contributed by atoms with van der Waals surface area (Å²) >= 11 is 0. The lowest BCUT2D eigenvalue weighted by Gasteiger charge is -2.43. The Morgan fingerprint density at radius 2 is 1.91 bits per heavy atom. The van der Waals surface area contributed by atoms with Gasteiger partial charge in [-0.1, -0.05) is 30.3 Å². The summed E-state index contributed by atoms with van der Waals surface area (Å²) in [4.78, 5) is 0. The van der Waals surface area contributed by atoms with Crippen LogP contribution in [0.3, 0.4) is 0 Å². The van der Waals surface area contributed by atoms with Gasteiger partial charge in [0.1, 0.15) is 0 Å². The minimum absolute atomic E-state index is 0.586. The minimum Gasteiger partial charge on any atom is -0.547 e. The first kappa shape index (κ1) is 14.6. The van der Waals surface area contributed by atoms with Crippen molar-refractivity contribution in [3.05, 3.63) is 47.7 Å². The number of rotatable bonds is 5. The van der Waals surface area contributed by atoms with Crippen molar-refractivity contribution in [2.45, 2.75) is 51.7 Å². The first-order valence-corrected chi connectivity index (χ1v) is 12.3. The van der Waals surface area contributed by atoms with Crippen molar-refractivity contribution in [3.63, 3.8) is 0 Å². The second kappa shape index (κ2) is 4.99. The van der Waals surface area contributed by atoms with Crippen LogP contribution in [0.2, 0.25) is 19.6 Å². The van der Waals surface area contributed by atoms with Gasteiger partial charge in [-0.05, 0) is 80.6 Å². The van der Waals surface area contributed by atoms with Crippen LogP contribution in [0.4, 0.5) is 0 Å². The number of benzene rings is 1. The molecular weight excluding hydrogens is 284 g/mol. The lowest BCUT2D eigenvalue weighted by molar-refractivity contribution is 0.131. The van der Waals surface area contributed by atoms with Gasteiger partial charge < -0.3 is 4.43 Å². The van der Waals surface area contributed by atoms with Gasteiger partial charge in [0, 0.05) is 5.92 Å². The van der Waals surface area contributed by atoms with E-state index in [0.29, 0.717) is 5.41 Å². The van der Waals surface area contributed by atoms with E-state index in [-0.39, 0.29) is 0 Å². The molecule has 0 saturated heterocycles. The topological polar surface area (TPSA) is 9.23 Å². The fourth-order valence-corrected chi connectivity index (χ4v) is 5.99. The zero-order chi connectivity index (χ0) is 15.4. The summed E-state index contributed by atoms with van der Waals surface area (Å²) in [5.41, 5.74) is 2.09. The molecule has 118 valence electrons. The predicted octanol–water partition coefficient (Wildman–Crippen LogP) is 5.40. The highest BCUT2D eigenvalue weighted by Crippen LogP contribution is 2.72. The van der Waals surface area contributed by atoms with Gasteiger partial charge in [0.25, 0.3) is 0 Å². The molecule has 0 amide bonds. The smallest absolute Gasteiger partial charge is 0.241 e. The van der Waals surface area contributed by atoms with E-state index in [1.54, 1.807) is 0 Å². The molecule has 1 aromatic carbocycles. The summed E-state index contributed by atoms with van der Waals surface area (Å²) in [5, 5.41) is 0. The van der Waals surface area contributed by atoms with Crippen LogP contribution in [0.5, 0.6) is 0 Å². The van der Waals surface area contributed by atoms with Crippen molar-refractivity contribution in [1.82, 2.24) is 0 Å². The Kier molecular flexibility index (Phi) is 3.30. The summed E-state index contributed by atoms with van der Waals surface area (Å²) in [7, 11) is -1.48. The van der Waals surface area contributed by atoms with Crippen molar-refractivity contribution in [2.75, 3.05) is 0 Å². The highest BCUT2D eigenvalue weighted by atomic mass is 28.4. The molecule has 2 fully saturated rings. The van der Waals surface area contributed by atoms with Crippen LogP contribution in [0.1, 0.15) is 31.2 Å². The van der Waals surface area contributed by atoms with E-state index in [1.807, 2.05) is 0 Å². The summed E-state index contributed by atoms with van der Waals surface area (Å²) in [6, 6.07) is 11.0. The molecule has 0 aromatic heterocycles. The van der Waals surface area contributed by atoms with Crippen LogP contribution in [-0.4, -0.2) is 8.32 Å². The predicted molar refractivity (Wildman–Crippen MR) is 94.0 cm³/mol. The second-order valence-electron chi connectivity index (χ2n) is 8.61. The third kappa shape index (κ3) is 2.46. The Bertz CT molecular complexity index is 585. The normalized spacial score (nSPS) is 35.8. The van der Waals surface area contributed by atoms with Crippen LogP contribution in [0.25, 0.3) is 0 Å². The molecule has 1 aromatic rings. The van der Waals surface area contributed by atoms with Crippen LogP contribution >= 0.6 is 0 Å². The molecule has 1 unspecified atom stereocenters. The van der Waals surface area contributed by atoms with Crippen molar-refractivity contribution in [1.29, 1.82) is 0 Å². The summed E-state index contributed by atoms with van der Waals surface area (Å²) in [5.74, 6) is 3.88. The highest BCUT2D eigenvalue weighted by molar-refractivity contribution is 6.70. The lowest BCUT2D eigenvalue weighted by atomic mass is 9.66. The van der Waals surface area contributed by atoms with Crippen molar-refractivity contribution in [2.24, 2.45) is 23.2 Å². The maximum absolute atomic E-state index is 6.49. The van der Waals surface area contributed by atoms with Gasteiger partial charge in [0.05, 0.1) is 5.76 Å². The maximum atomic E-state index is 6.49. The van der Waals surface area contributed by atoms with Crippen LogP contribution in [-0.2, 0) is 10.8 Å². The second-order valence-corrected chi connectivity index (χ2v) is 13.0. The first-order chi connectivity index (χ1) is 10.5. The molecule has 5 rings (SSSR count). The van der Waals surface area contributed by atoms with Gasteiger partial charge in [0.2, 0.25) is 8.32 Å². The lowest BCUT2D eigenvalue weighted by Crippen LogP contribution is -2.38. The summed E-state index contributed by atoms with van der Waals surface area (Å²) < 4.78 is 6.49. The Hall–Kier alpha value is -1.02. The number of allylic oxidation sites excluding steroid dienone is 2. The van der Waals surface area contributed by atoms with E-state index < -0.39 is 8.32 Å². The fraction of sp³-hybridized carbons (Fsp3) is 0.600. The average Bonchev–Trinajstić information content (AvgIpc) is 3.23. The molecule has 4 aliphatic carbocycles. The molecule has 0 heterocycles. The van der Waals surface area contributed by atoms with Crippen LogP contribution in [0, 0.1) is 23.2 Å². The third-order valence-corrected chi connectivity index (χ3v) is 6.89. The van der Waals surface area contributed by atoms with E-state index in [9.17, 15) is 0 Å². The molecule has 22 heavy (non-hydrogen) atoms. The minimum atomic E-state index is -1.48. The summed E-state index contributed by atoms with van der Waals surface area (Å²) in [6.07, 6.45) is 9.33. The van der Waals surface area contributed by atoms with Crippen molar-refractivity contribution in [3.8, 4) is 0 Å². The SMILES string of the molecule is C[Si](C)(C)OC1=C[C@H]2CC[C@@H]1[C@@]1(CCc3ccccc3)CC21. The molecule has 4 atom stereocenters. The third-order valence-electron chi connectivity index (χ3n) is 6.05. The van der Waals surface area contributed by atoms with Gasteiger partial charge in [-0.2, -0.15) is 0 Å². The van der Waals surface area contributed by atoms with Gasteiger partial charge in [0.15, 0.2) is 0 Å². The average molecular weight is 313 g/mol. The number of aryl methyl sites for hydroxylation is 1. The quantitative estimate of drug-likeness (QED) is 0.661. The number of hydrogen-bond donors (Lipinski definition) is 0. The Balaban J connectivity index is 1.51. The standard InChI is InChI=1S/C20H28OSi/c1-22(2,3)21-19-13-16-9-10-17(19)20(14-18(16)20)12-11-15-7-5-4-6-8-15/h4-8,13,16-18H,9-12,14H2,1-3H3/t16-,17+,18?,20-/m1/s1. The Morgan fingerprint density at radius 3 is 2.64 bits per heavy atom. The fourth-order valence-electron chi connectivity index (χ4n) is 5.07.